The second-order valence-corrected chi connectivity index (χ2v) is 9.77. The molecule has 0 saturated heterocycles. The van der Waals surface area contributed by atoms with Crippen molar-refractivity contribution < 1.29 is 17.6 Å². The summed E-state index contributed by atoms with van der Waals surface area (Å²) in [5, 5.41) is 7.14. The number of nitrogens with zero attached hydrogens (tertiary/aromatic N) is 3. The summed E-state index contributed by atoms with van der Waals surface area (Å²) in [6.45, 7) is 5.31. The maximum atomic E-state index is 13.4. The van der Waals surface area contributed by atoms with E-state index >= 15 is 0 Å². The average molecular weight is 473 g/mol. The molecule has 3 aromatic rings. The highest BCUT2D eigenvalue weighted by molar-refractivity contribution is 7.89. The van der Waals surface area contributed by atoms with Gasteiger partial charge in [0, 0.05) is 43.5 Å². The number of H-pyrrole nitrogens is 1. The number of rotatable bonds is 10. The van der Waals surface area contributed by atoms with Crippen LogP contribution in [0.1, 0.15) is 36.3 Å². The van der Waals surface area contributed by atoms with E-state index in [-0.39, 0.29) is 16.6 Å². The molecule has 0 bridgehead atoms. The summed E-state index contributed by atoms with van der Waals surface area (Å²) >= 11 is 0. The van der Waals surface area contributed by atoms with E-state index in [1.807, 2.05) is 19.9 Å². The van der Waals surface area contributed by atoms with Gasteiger partial charge in [-0.15, -0.1) is 0 Å². The van der Waals surface area contributed by atoms with Crippen LogP contribution in [0.3, 0.4) is 0 Å². The number of hydrogen-bond donors (Lipinski definition) is 1. The minimum absolute atomic E-state index is 0.116. The van der Waals surface area contributed by atoms with Crippen LogP contribution in [0.25, 0.3) is 11.3 Å². The van der Waals surface area contributed by atoms with Crippen LogP contribution in [0.2, 0.25) is 0 Å². The van der Waals surface area contributed by atoms with E-state index in [1.54, 1.807) is 29.2 Å². The molecular weight excluding hydrogens is 443 g/mol. The van der Waals surface area contributed by atoms with Crippen LogP contribution >= 0.6 is 0 Å². The van der Waals surface area contributed by atoms with Crippen molar-refractivity contribution in [1.82, 2.24) is 19.4 Å². The molecule has 0 radical (unpaired) electrons. The third-order valence-corrected chi connectivity index (χ3v) is 7.40. The Morgan fingerprint density at radius 3 is 2.39 bits per heavy atom. The molecule has 7 nitrogen and oxygen atoms in total. The molecule has 0 atom stereocenters. The zero-order valence-electron chi connectivity index (χ0n) is 19.1. The van der Waals surface area contributed by atoms with Gasteiger partial charge in [0.1, 0.15) is 5.82 Å². The average Bonchev–Trinajstić information content (AvgIpc) is 3.29. The zero-order valence-corrected chi connectivity index (χ0v) is 19.9. The molecule has 3 rings (SSSR count). The van der Waals surface area contributed by atoms with Crippen LogP contribution in [0.15, 0.2) is 59.5 Å². The number of amides is 1. The lowest BCUT2D eigenvalue weighted by atomic mass is 10.1. The van der Waals surface area contributed by atoms with Gasteiger partial charge in [-0.3, -0.25) is 9.89 Å². The molecule has 1 amide bonds. The van der Waals surface area contributed by atoms with Gasteiger partial charge in [0.05, 0.1) is 10.6 Å². The molecule has 176 valence electrons. The third-order valence-electron chi connectivity index (χ3n) is 5.53. The van der Waals surface area contributed by atoms with Crippen molar-refractivity contribution in [3.05, 3.63) is 71.7 Å². The number of benzene rings is 2. The number of hydrogen-bond acceptors (Lipinski definition) is 4. The first kappa shape index (κ1) is 24.6. The van der Waals surface area contributed by atoms with E-state index in [4.69, 9.17) is 0 Å². The first-order valence-corrected chi connectivity index (χ1v) is 12.4. The SMILES string of the molecule is CCN(CC)C(=O)c1ccc(S(=O)(=O)N(C)CCCc2cc(-c3cccc(F)c3)n[nH]2)cc1. The van der Waals surface area contributed by atoms with Gasteiger partial charge in [-0.2, -0.15) is 5.10 Å². The van der Waals surface area contributed by atoms with Crippen LogP contribution in [0, 0.1) is 5.82 Å². The predicted octanol–water partition coefficient (Wildman–Crippen LogP) is 3.95. The Balaban J connectivity index is 1.59. The predicted molar refractivity (Wildman–Crippen MR) is 126 cm³/mol. The standard InChI is InChI=1S/C24H29FN4O3S/c1-4-29(5-2)24(30)18-11-13-22(14-12-18)33(31,32)28(3)15-7-10-21-17-23(27-26-21)19-8-6-9-20(25)16-19/h6,8-9,11-14,16-17H,4-5,7,10,15H2,1-3H3,(H,26,27). The molecular formula is C24H29FN4O3S. The largest absolute Gasteiger partial charge is 0.339 e. The van der Waals surface area contributed by atoms with Gasteiger partial charge in [0.25, 0.3) is 5.91 Å². The minimum atomic E-state index is -3.67. The number of halogens is 1. The normalized spacial score (nSPS) is 11.7. The Morgan fingerprint density at radius 1 is 1.06 bits per heavy atom. The van der Waals surface area contributed by atoms with Gasteiger partial charge in [0.15, 0.2) is 0 Å². The topological polar surface area (TPSA) is 86.4 Å². The van der Waals surface area contributed by atoms with Crippen LogP contribution in [0.4, 0.5) is 4.39 Å². The highest BCUT2D eigenvalue weighted by Crippen LogP contribution is 2.20. The Kier molecular flexibility index (Phi) is 7.99. The number of aryl methyl sites for hydroxylation is 1. The molecule has 0 unspecified atom stereocenters. The van der Waals surface area contributed by atoms with Crippen LogP contribution < -0.4 is 0 Å². The monoisotopic (exact) mass is 472 g/mol. The van der Waals surface area contributed by atoms with Gasteiger partial charge in [-0.1, -0.05) is 12.1 Å². The van der Waals surface area contributed by atoms with Crippen molar-refractivity contribution in [2.75, 3.05) is 26.7 Å². The number of carbonyl (C=O) groups is 1. The highest BCUT2D eigenvalue weighted by Gasteiger charge is 2.21. The quantitative estimate of drug-likeness (QED) is 0.484. The molecule has 0 aliphatic rings. The van der Waals surface area contributed by atoms with Crippen molar-refractivity contribution >= 4 is 15.9 Å². The van der Waals surface area contributed by atoms with Gasteiger partial charge in [-0.25, -0.2) is 17.1 Å². The van der Waals surface area contributed by atoms with Gasteiger partial charge in [0.2, 0.25) is 10.0 Å². The lowest BCUT2D eigenvalue weighted by molar-refractivity contribution is 0.0773. The summed E-state index contributed by atoms with van der Waals surface area (Å²) in [6.07, 6.45) is 1.18. The molecule has 1 N–H and O–H groups in total. The van der Waals surface area contributed by atoms with Crippen molar-refractivity contribution in [3.8, 4) is 11.3 Å². The number of nitrogens with one attached hydrogen (secondary N) is 1. The summed E-state index contributed by atoms with van der Waals surface area (Å²) in [6, 6.07) is 14.1. The van der Waals surface area contributed by atoms with Crippen molar-refractivity contribution in [2.45, 2.75) is 31.6 Å². The summed E-state index contributed by atoms with van der Waals surface area (Å²) < 4.78 is 40.5. The summed E-state index contributed by atoms with van der Waals surface area (Å²) in [7, 11) is -2.13. The Bertz CT molecular complexity index is 1190. The maximum Gasteiger partial charge on any atom is 0.253 e. The number of aromatic nitrogens is 2. The minimum Gasteiger partial charge on any atom is -0.339 e. The Morgan fingerprint density at radius 2 is 1.76 bits per heavy atom. The second-order valence-electron chi connectivity index (χ2n) is 7.72. The number of aromatic amines is 1. The fourth-order valence-corrected chi connectivity index (χ4v) is 4.75. The molecule has 9 heteroatoms. The van der Waals surface area contributed by atoms with Crippen LogP contribution in [-0.2, 0) is 16.4 Å². The summed E-state index contributed by atoms with van der Waals surface area (Å²) in [4.78, 5) is 14.3. The fraction of sp³-hybridized carbons (Fsp3) is 0.333. The highest BCUT2D eigenvalue weighted by atomic mass is 32.2. The van der Waals surface area contributed by atoms with E-state index in [0.717, 1.165) is 5.69 Å². The second kappa shape index (κ2) is 10.7. The first-order chi connectivity index (χ1) is 15.8. The molecule has 1 aromatic heterocycles. The van der Waals surface area contributed by atoms with Crippen molar-refractivity contribution in [2.24, 2.45) is 0 Å². The van der Waals surface area contributed by atoms with E-state index in [9.17, 15) is 17.6 Å². The van der Waals surface area contributed by atoms with E-state index in [1.165, 1.54) is 35.6 Å². The van der Waals surface area contributed by atoms with Gasteiger partial charge < -0.3 is 4.90 Å². The molecule has 0 fully saturated rings. The van der Waals surface area contributed by atoms with Gasteiger partial charge >= 0.3 is 0 Å². The molecule has 0 aliphatic carbocycles. The van der Waals surface area contributed by atoms with E-state index in [2.05, 4.69) is 10.2 Å². The van der Waals surface area contributed by atoms with E-state index < -0.39 is 10.0 Å². The lowest BCUT2D eigenvalue weighted by Gasteiger charge is -2.19. The third kappa shape index (κ3) is 5.85. The number of carbonyl (C=O) groups excluding carboxylic acids is 1. The number of sulfonamides is 1. The van der Waals surface area contributed by atoms with Crippen LogP contribution in [-0.4, -0.2) is 60.4 Å². The zero-order chi connectivity index (χ0) is 24.0. The Hall–Kier alpha value is -3.04. The molecule has 0 spiro atoms. The lowest BCUT2D eigenvalue weighted by Crippen LogP contribution is -2.30. The summed E-state index contributed by atoms with van der Waals surface area (Å²) in [5.74, 6) is -0.441. The van der Waals surface area contributed by atoms with Crippen LogP contribution in [0.5, 0.6) is 0 Å². The molecule has 33 heavy (non-hydrogen) atoms. The summed E-state index contributed by atoms with van der Waals surface area (Å²) in [5.41, 5.74) is 2.64. The molecule has 0 saturated carbocycles. The molecule has 2 aromatic carbocycles. The van der Waals surface area contributed by atoms with Crippen molar-refractivity contribution in [1.29, 1.82) is 0 Å². The maximum absolute atomic E-state index is 13.4. The molecule has 1 heterocycles. The first-order valence-electron chi connectivity index (χ1n) is 10.9. The fourth-order valence-electron chi connectivity index (χ4n) is 3.54. The van der Waals surface area contributed by atoms with Gasteiger partial charge in [-0.05, 0) is 69.2 Å². The van der Waals surface area contributed by atoms with Crippen molar-refractivity contribution in [3.63, 3.8) is 0 Å². The Labute approximate surface area is 194 Å². The van der Waals surface area contributed by atoms with E-state index in [0.29, 0.717) is 49.3 Å². The molecule has 0 aliphatic heterocycles. The smallest absolute Gasteiger partial charge is 0.253 e.